The van der Waals surface area contributed by atoms with E-state index < -0.39 is 11.9 Å². The summed E-state index contributed by atoms with van der Waals surface area (Å²) >= 11 is 18.5. The normalized spacial score (nSPS) is 15.9. The molecule has 6 nitrogen and oxygen atoms in total. The molecular formula is C22H21Cl3N2O4. The van der Waals surface area contributed by atoms with Crippen LogP contribution >= 0.6 is 34.8 Å². The van der Waals surface area contributed by atoms with Gasteiger partial charge in [-0.15, -0.1) is 0 Å². The van der Waals surface area contributed by atoms with E-state index >= 15 is 0 Å². The number of ether oxygens (including phenoxy) is 2. The number of benzene rings is 2. The number of rotatable bonds is 7. The van der Waals surface area contributed by atoms with Crippen LogP contribution in [-0.2, 0) is 11.3 Å². The highest BCUT2D eigenvalue weighted by Crippen LogP contribution is 2.38. The van der Waals surface area contributed by atoms with Crippen molar-refractivity contribution in [2.45, 2.75) is 32.9 Å². The Morgan fingerprint density at radius 3 is 2.52 bits per heavy atom. The van der Waals surface area contributed by atoms with Gasteiger partial charge in [0.05, 0.1) is 24.8 Å². The highest BCUT2D eigenvalue weighted by molar-refractivity contribution is 6.35. The van der Waals surface area contributed by atoms with Crippen LogP contribution in [0.1, 0.15) is 31.4 Å². The lowest BCUT2D eigenvalue weighted by molar-refractivity contribution is -0.123. The van der Waals surface area contributed by atoms with Gasteiger partial charge in [0.25, 0.3) is 5.91 Å². The second-order valence-electron chi connectivity index (χ2n) is 6.99. The Labute approximate surface area is 195 Å². The first-order valence-corrected chi connectivity index (χ1v) is 10.7. The van der Waals surface area contributed by atoms with Crippen LogP contribution in [-0.4, -0.2) is 30.1 Å². The van der Waals surface area contributed by atoms with Crippen molar-refractivity contribution in [2.24, 2.45) is 0 Å². The highest BCUT2D eigenvalue weighted by Gasteiger charge is 2.34. The number of methoxy groups -OCH3 is 1. The third-order valence-corrected chi connectivity index (χ3v) is 5.63. The minimum absolute atomic E-state index is 0.0176. The molecule has 1 aliphatic rings. The van der Waals surface area contributed by atoms with Crippen LogP contribution in [0.15, 0.2) is 36.0 Å². The fraction of sp³-hybridized carbons (Fsp3) is 0.273. The van der Waals surface area contributed by atoms with E-state index in [2.05, 4.69) is 5.32 Å². The topological polar surface area (TPSA) is 67.9 Å². The van der Waals surface area contributed by atoms with Gasteiger partial charge >= 0.3 is 6.03 Å². The first-order chi connectivity index (χ1) is 14.7. The second kappa shape index (κ2) is 9.81. The first-order valence-electron chi connectivity index (χ1n) is 9.56. The molecule has 0 aromatic heterocycles. The Hall–Kier alpha value is -2.41. The van der Waals surface area contributed by atoms with Crippen LogP contribution in [0.25, 0.3) is 6.08 Å². The lowest BCUT2D eigenvalue weighted by Gasteiger charge is -2.17. The molecule has 0 radical (unpaired) electrons. The molecule has 164 valence electrons. The summed E-state index contributed by atoms with van der Waals surface area (Å²) in [5.41, 5.74) is 1.30. The number of amides is 3. The largest absolute Gasteiger partial charge is 0.493 e. The first kappa shape index (κ1) is 23.3. The molecule has 2 aromatic carbocycles. The van der Waals surface area contributed by atoms with Gasteiger partial charge in [-0.3, -0.25) is 9.69 Å². The van der Waals surface area contributed by atoms with Crippen LogP contribution < -0.4 is 14.8 Å². The van der Waals surface area contributed by atoms with E-state index in [1.165, 1.54) is 13.2 Å². The summed E-state index contributed by atoms with van der Waals surface area (Å²) < 4.78 is 11.2. The Morgan fingerprint density at radius 2 is 1.87 bits per heavy atom. The van der Waals surface area contributed by atoms with E-state index in [9.17, 15) is 9.59 Å². The van der Waals surface area contributed by atoms with Crippen molar-refractivity contribution in [3.05, 3.63) is 62.2 Å². The van der Waals surface area contributed by atoms with Gasteiger partial charge in [-0.05, 0) is 54.8 Å². The van der Waals surface area contributed by atoms with Crippen LogP contribution in [0.2, 0.25) is 15.1 Å². The molecule has 1 N–H and O–H groups in total. The molecule has 0 saturated carbocycles. The van der Waals surface area contributed by atoms with Crippen molar-refractivity contribution < 1.29 is 19.1 Å². The van der Waals surface area contributed by atoms with E-state index in [4.69, 9.17) is 44.3 Å². The Bertz CT molecular complexity index is 1060. The molecule has 1 heterocycles. The maximum absolute atomic E-state index is 12.8. The number of carbonyl (C=O) groups is 2. The monoisotopic (exact) mass is 482 g/mol. The minimum Gasteiger partial charge on any atom is -0.493 e. The van der Waals surface area contributed by atoms with Crippen molar-refractivity contribution in [3.63, 3.8) is 0 Å². The lowest BCUT2D eigenvalue weighted by Crippen LogP contribution is -2.30. The Morgan fingerprint density at radius 1 is 1.13 bits per heavy atom. The average Bonchev–Trinajstić information content (AvgIpc) is 2.98. The molecule has 0 aliphatic carbocycles. The number of nitrogens with zero attached hydrogens (tertiary/aromatic N) is 1. The van der Waals surface area contributed by atoms with Crippen LogP contribution in [0.4, 0.5) is 4.79 Å². The molecule has 1 aliphatic heterocycles. The summed E-state index contributed by atoms with van der Waals surface area (Å²) in [5.74, 6) is 0.383. The van der Waals surface area contributed by atoms with E-state index in [0.29, 0.717) is 37.7 Å². The fourth-order valence-electron chi connectivity index (χ4n) is 2.92. The van der Waals surface area contributed by atoms with Crippen LogP contribution in [0.3, 0.4) is 0 Å². The van der Waals surface area contributed by atoms with Gasteiger partial charge in [-0.1, -0.05) is 47.8 Å². The molecule has 9 heteroatoms. The molecule has 3 rings (SSSR count). The molecule has 1 unspecified atom stereocenters. The Kier molecular flexibility index (Phi) is 7.36. The predicted octanol–water partition coefficient (Wildman–Crippen LogP) is 5.93. The van der Waals surface area contributed by atoms with Gasteiger partial charge in [0.1, 0.15) is 5.70 Å². The minimum atomic E-state index is -0.544. The number of nitrogens with one attached hydrogen (secondary N) is 1. The van der Waals surface area contributed by atoms with Crippen molar-refractivity contribution in [1.29, 1.82) is 0 Å². The molecule has 0 bridgehead atoms. The van der Waals surface area contributed by atoms with Crippen LogP contribution in [0, 0.1) is 0 Å². The molecule has 3 amide bonds. The summed E-state index contributed by atoms with van der Waals surface area (Å²) in [6, 6.07) is 7.67. The highest BCUT2D eigenvalue weighted by atomic mass is 35.5. The zero-order valence-electron chi connectivity index (χ0n) is 17.2. The number of imide groups is 1. The van der Waals surface area contributed by atoms with E-state index in [0.717, 1.165) is 11.3 Å². The summed E-state index contributed by atoms with van der Waals surface area (Å²) in [7, 11) is 1.51. The van der Waals surface area contributed by atoms with Gasteiger partial charge in [-0.25, -0.2) is 4.79 Å². The lowest BCUT2D eigenvalue weighted by atomic mass is 10.1. The fourth-order valence-corrected chi connectivity index (χ4v) is 3.66. The van der Waals surface area contributed by atoms with E-state index in [1.54, 1.807) is 30.3 Å². The summed E-state index contributed by atoms with van der Waals surface area (Å²) in [6.07, 6.45) is 2.30. The average molecular weight is 484 g/mol. The number of carbonyl (C=O) groups excluding carboxylic acids is 2. The van der Waals surface area contributed by atoms with Gasteiger partial charge < -0.3 is 14.8 Å². The summed E-state index contributed by atoms with van der Waals surface area (Å²) in [4.78, 5) is 26.3. The molecular weight excluding hydrogens is 463 g/mol. The standard InChI is InChI=1S/C22H21Cl3N2O4/c1-4-12(2)31-20-17(25)7-13(9-19(20)30-3)8-18-21(28)27(22(29)26-18)11-14-5-6-15(23)10-16(14)24/h5-10,12H,4,11H2,1-3H3,(H,26,29). The Balaban J connectivity index is 1.86. The molecule has 31 heavy (non-hydrogen) atoms. The predicted molar refractivity (Wildman–Crippen MR) is 122 cm³/mol. The van der Waals surface area contributed by atoms with E-state index in [-0.39, 0.29) is 18.3 Å². The number of halogens is 3. The quantitative estimate of drug-likeness (QED) is 0.392. The SMILES string of the molecule is CCC(C)Oc1c(Cl)cc(C=C2NC(=O)N(Cc3ccc(Cl)cc3Cl)C2=O)cc1OC. The molecule has 1 atom stereocenters. The third kappa shape index (κ3) is 5.26. The third-order valence-electron chi connectivity index (χ3n) is 4.76. The maximum Gasteiger partial charge on any atom is 0.329 e. The number of urea groups is 1. The zero-order valence-corrected chi connectivity index (χ0v) is 19.4. The van der Waals surface area contributed by atoms with Gasteiger partial charge in [0.15, 0.2) is 11.5 Å². The number of hydrogen-bond acceptors (Lipinski definition) is 4. The maximum atomic E-state index is 12.8. The summed E-state index contributed by atoms with van der Waals surface area (Å²) in [5, 5.41) is 3.77. The van der Waals surface area contributed by atoms with E-state index in [1.807, 2.05) is 13.8 Å². The van der Waals surface area contributed by atoms with Gasteiger partial charge in [0, 0.05) is 10.0 Å². The van der Waals surface area contributed by atoms with Crippen molar-refractivity contribution in [2.75, 3.05) is 7.11 Å². The van der Waals surface area contributed by atoms with Gasteiger partial charge in [-0.2, -0.15) is 0 Å². The molecule has 1 saturated heterocycles. The van der Waals surface area contributed by atoms with Crippen molar-refractivity contribution in [3.8, 4) is 11.5 Å². The molecule has 1 fully saturated rings. The molecule has 2 aromatic rings. The van der Waals surface area contributed by atoms with Crippen LogP contribution in [0.5, 0.6) is 11.5 Å². The molecule has 0 spiro atoms. The smallest absolute Gasteiger partial charge is 0.329 e. The van der Waals surface area contributed by atoms with Crippen molar-refractivity contribution in [1.82, 2.24) is 10.2 Å². The zero-order chi connectivity index (χ0) is 22.7. The second-order valence-corrected chi connectivity index (χ2v) is 8.24. The van der Waals surface area contributed by atoms with Gasteiger partial charge in [0.2, 0.25) is 0 Å². The van der Waals surface area contributed by atoms with Crippen molar-refractivity contribution >= 4 is 52.8 Å². The summed E-state index contributed by atoms with van der Waals surface area (Å²) in [6.45, 7) is 3.95. The number of hydrogen-bond donors (Lipinski definition) is 1.